The van der Waals surface area contributed by atoms with E-state index in [2.05, 4.69) is 30.4 Å². The zero-order chi connectivity index (χ0) is 13.3. The maximum Gasteiger partial charge on any atom is 0.318 e. The van der Waals surface area contributed by atoms with E-state index in [0.29, 0.717) is 13.1 Å². The molecule has 1 unspecified atom stereocenters. The summed E-state index contributed by atoms with van der Waals surface area (Å²) in [6.45, 7) is 7.17. The van der Waals surface area contributed by atoms with Crippen LogP contribution in [0.25, 0.3) is 0 Å². The molecule has 1 saturated heterocycles. The van der Waals surface area contributed by atoms with E-state index in [-0.39, 0.29) is 17.6 Å². The largest absolute Gasteiger partial charge is 0.329 e. The summed E-state index contributed by atoms with van der Waals surface area (Å²) in [5.41, 5.74) is 7.79. The van der Waals surface area contributed by atoms with Crippen molar-refractivity contribution in [2.75, 3.05) is 13.1 Å². The lowest BCUT2D eigenvalue weighted by Gasteiger charge is -2.33. The molecule has 1 aliphatic rings. The molecule has 0 bridgehead atoms. The van der Waals surface area contributed by atoms with Gasteiger partial charge in [0, 0.05) is 13.1 Å². The molecule has 4 heteroatoms. The monoisotopic (exact) mass is 247 g/mol. The number of nitrogens with zero attached hydrogens (tertiary/aromatic N) is 1. The van der Waals surface area contributed by atoms with Crippen molar-refractivity contribution in [1.29, 1.82) is 0 Å². The standard InChI is InChI=1S/C14H21N3O/c1-10-5-4-6-11(7-10)12-8-17(13(18)16-12)14(2,3)9-15/h4-7,12H,8-9,15H2,1-3H3,(H,16,18). The van der Waals surface area contributed by atoms with Gasteiger partial charge in [0.15, 0.2) is 0 Å². The van der Waals surface area contributed by atoms with Gasteiger partial charge in [-0.15, -0.1) is 0 Å². The van der Waals surface area contributed by atoms with Gasteiger partial charge in [-0.2, -0.15) is 0 Å². The van der Waals surface area contributed by atoms with Crippen LogP contribution in [0.3, 0.4) is 0 Å². The third-order valence-electron chi connectivity index (χ3n) is 3.58. The molecule has 0 spiro atoms. The first-order chi connectivity index (χ1) is 8.44. The molecule has 98 valence electrons. The van der Waals surface area contributed by atoms with E-state index in [4.69, 9.17) is 5.73 Å². The molecular weight excluding hydrogens is 226 g/mol. The Labute approximate surface area is 108 Å². The first-order valence-corrected chi connectivity index (χ1v) is 6.29. The first kappa shape index (κ1) is 12.9. The van der Waals surface area contributed by atoms with E-state index in [9.17, 15) is 4.79 Å². The van der Waals surface area contributed by atoms with Crippen LogP contribution >= 0.6 is 0 Å². The fourth-order valence-electron chi connectivity index (χ4n) is 2.25. The molecule has 1 aromatic carbocycles. The minimum atomic E-state index is -0.303. The molecule has 0 radical (unpaired) electrons. The summed E-state index contributed by atoms with van der Waals surface area (Å²) >= 11 is 0. The van der Waals surface area contributed by atoms with Crippen LogP contribution in [-0.2, 0) is 0 Å². The maximum atomic E-state index is 12.0. The molecule has 2 amide bonds. The van der Waals surface area contributed by atoms with Gasteiger partial charge in [-0.1, -0.05) is 29.8 Å². The molecule has 1 heterocycles. The van der Waals surface area contributed by atoms with Crippen LogP contribution in [0.4, 0.5) is 4.79 Å². The Kier molecular flexibility index (Phi) is 3.30. The van der Waals surface area contributed by atoms with Crippen molar-refractivity contribution in [2.24, 2.45) is 5.73 Å². The normalized spacial score (nSPS) is 20.1. The third kappa shape index (κ3) is 2.34. The second kappa shape index (κ2) is 4.61. The Hall–Kier alpha value is -1.55. The van der Waals surface area contributed by atoms with Gasteiger partial charge >= 0.3 is 6.03 Å². The Bertz CT molecular complexity index is 456. The highest BCUT2D eigenvalue weighted by atomic mass is 16.2. The van der Waals surface area contributed by atoms with E-state index >= 15 is 0 Å². The molecule has 1 fully saturated rings. The van der Waals surface area contributed by atoms with Crippen molar-refractivity contribution in [3.8, 4) is 0 Å². The van der Waals surface area contributed by atoms with Crippen molar-refractivity contribution >= 4 is 6.03 Å². The lowest BCUT2D eigenvalue weighted by molar-refractivity contribution is 0.163. The number of hydrogen-bond donors (Lipinski definition) is 2. The molecule has 3 N–H and O–H groups in total. The molecule has 1 aliphatic heterocycles. The van der Waals surface area contributed by atoms with Gasteiger partial charge in [0.2, 0.25) is 0 Å². The summed E-state index contributed by atoms with van der Waals surface area (Å²) in [7, 11) is 0. The molecule has 0 aromatic heterocycles. The summed E-state index contributed by atoms with van der Waals surface area (Å²) in [5.74, 6) is 0. The average Bonchev–Trinajstić information content (AvgIpc) is 2.72. The van der Waals surface area contributed by atoms with Crippen LogP contribution in [0, 0.1) is 6.92 Å². The maximum absolute atomic E-state index is 12.0. The van der Waals surface area contributed by atoms with Gasteiger partial charge in [-0.05, 0) is 26.3 Å². The molecular formula is C14H21N3O. The summed E-state index contributed by atoms with van der Waals surface area (Å²) in [5, 5.41) is 3.02. The van der Waals surface area contributed by atoms with E-state index in [1.54, 1.807) is 0 Å². The fourth-order valence-corrected chi connectivity index (χ4v) is 2.25. The number of carbonyl (C=O) groups is 1. The number of hydrogen-bond acceptors (Lipinski definition) is 2. The van der Waals surface area contributed by atoms with Crippen molar-refractivity contribution in [1.82, 2.24) is 10.2 Å². The minimum Gasteiger partial charge on any atom is -0.329 e. The van der Waals surface area contributed by atoms with Gasteiger partial charge in [0.05, 0.1) is 11.6 Å². The Morgan fingerprint density at radius 3 is 2.83 bits per heavy atom. The SMILES string of the molecule is Cc1cccc(C2CN(C(C)(C)CN)C(=O)N2)c1. The van der Waals surface area contributed by atoms with E-state index in [0.717, 1.165) is 5.56 Å². The van der Waals surface area contributed by atoms with Crippen LogP contribution in [0.5, 0.6) is 0 Å². The molecule has 1 atom stereocenters. The van der Waals surface area contributed by atoms with E-state index in [1.807, 2.05) is 24.8 Å². The highest BCUT2D eigenvalue weighted by Crippen LogP contribution is 2.26. The van der Waals surface area contributed by atoms with Crippen LogP contribution in [-0.4, -0.2) is 29.6 Å². The molecule has 18 heavy (non-hydrogen) atoms. The topological polar surface area (TPSA) is 58.4 Å². The van der Waals surface area contributed by atoms with E-state index < -0.39 is 0 Å². The molecule has 0 saturated carbocycles. The van der Waals surface area contributed by atoms with Gasteiger partial charge in [-0.25, -0.2) is 4.79 Å². The van der Waals surface area contributed by atoms with E-state index in [1.165, 1.54) is 5.56 Å². The van der Waals surface area contributed by atoms with Crippen molar-refractivity contribution in [3.05, 3.63) is 35.4 Å². The number of benzene rings is 1. The summed E-state index contributed by atoms with van der Waals surface area (Å²) < 4.78 is 0. The Morgan fingerprint density at radius 2 is 2.22 bits per heavy atom. The molecule has 2 rings (SSSR count). The van der Waals surface area contributed by atoms with Crippen LogP contribution in [0.15, 0.2) is 24.3 Å². The van der Waals surface area contributed by atoms with Gasteiger partial charge < -0.3 is 16.0 Å². The number of aryl methyl sites for hydroxylation is 1. The zero-order valence-corrected chi connectivity index (χ0v) is 11.2. The molecule has 4 nitrogen and oxygen atoms in total. The minimum absolute atomic E-state index is 0.0306. The predicted octanol–water partition coefficient (Wildman–Crippen LogP) is 1.80. The Balaban J connectivity index is 2.19. The third-order valence-corrected chi connectivity index (χ3v) is 3.58. The molecule has 1 aromatic rings. The van der Waals surface area contributed by atoms with Crippen molar-refractivity contribution < 1.29 is 4.79 Å². The van der Waals surface area contributed by atoms with Crippen LogP contribution in [0.1, 0.15) is 31.0 Å². The number of amides is 2. The number of carbonyl (C=O) groups excluding carboxylic acids is 1. The highest BCUT2D eigenvalue weighted by molar-refractivity contribution is 5.78. The number of nitrogens with one attached hydrogen (secondary N) is 1. The quantitative estimate of drug-likeness (QED) is 0.855. The number of urea groups is 1. The van der Waals surface area contributed by atoms with Gasteiger partial charge in [0.1, 0.15) is 0 Å². The molecule has 0 aliphatic carbocycles. The van der Waals surface area contributed by atoms with Crippen molar-refractivity contribution in [3.63, 3.8) is 0 Å². The smallest absolute Gasteiger partial charge is 0.318 e. The fraction of sp³-hybridized carbons (Fsp3) is 0.500. The predicted molar refractivity (Wildman–Crippen MR) is 72.3 cm³/mol. The summed E-state index contributed by atoms with van der Waals surface area (Å²) in [6, 6.07) is 8.27. The van der Waals surface area contributed by atoms with Crippen molar-refractivity contribution in [2.45, 2.75) is 32.4 Å². The van der Waals surface area contributed by atoms with Gasteiger partial charge in [-0.3, -0.25) is 0 Å². The van der Waals surface area contributed by atoms with Crippen LogP contribution in [0.2, 0.25) is 0 Å². The lowest BCUT2D eigenvalue weighted by atomic mass is 10.0. The summed E-state index contributed by atoms with van der Waals surface area (Å²) in [6.07, 6.45) is 0. The summed E-state index contributed by atoms with van der Waals surface area (Å²) in [4.78, 5) is 13.8. The second-order valence-electron chi connectivity index (χ2n) is 5.54. The Morgan fingerprint density at radius 1 is 1.50 bits per heavy atom. The van der Waals surface area contributed by atoms with Gasteiger partial charge in [0.25, 0.3) is 0 Å². The highest BCUT2D eigenvalue weighted by Gasteiger charge is 2.38. The first-order valence-electron chi connectivity index (χ1n) is 6.29. The number of rotatable bonds is 3. The average molecular weight is 247 g/mol. The van der Waals surface area contributed by atoms with Crippen LogP contribution < -0.4 is 11.1 Å². The zero-order valence-electron chi connectivity index (χ0n) is 11.2. The second-order valence-corrected chi connectivity index (χ2v) is 5.54. The number of nitrogens with two attached hydrogens (primary N) is 1. The lowest BCUT2D eigenvalue weighted by Crippen LogP contribution is -2.50.